The Bertz CT molecular complexity index is 504. The molecule has 5 nitrogen and oxygen atoms in total. The summed E-state index contributed by atoms with van der Waals surface area (Å²) in [5, 5.41) is 12.4. The van der Waals surface area contributed by atoms with Crippen LogP contribution >= 0.6 is 0 Å². The molecule has 1 fully saturated rings. The summed E-state index contributed by atoms with van der Waals surface area (Å²) in [6, 6.07) is 5.31. The molecule has 1 aliphatic heterocycles. The number of carbonyl (C=O) groups excluding carboxylic acids is 1. The minimum absolute atomic E-state index is 0.0101. The molecular weight excluding hydrogens is 268 g/mol. The fourth-order valence-electron chi connectivity index (χ4n) is 2.93. The van der Waals surface area contributed by atoms with Crippen LogP contribution in [0.25, 0.3) is 0 Å². The van der Waals surface area contributed by atoms with E-state index >= 15 is 0 Å². The second-order valence-corrected chi connectivity index (χ2v) is 5.68. The maximum absolute atomic E-state index is 12.4. The van der Waals surface area contributed by atoms with Crippen LogP contribution in [0.2, 0.25) is 0 Å². The maximum atomic E-state index is 12.4. The zero-order chi connectivity index (χ0) is 15.4. The van der Waals surface area contributed by atoms with Gasteiger partial charge in [0.2, 0.25) is 0 Å². The van der Waals surface area contributed by atoms with Gasteiger partial charge < -0.3 is 20.1 Å². The monoisotopic (exact) mass is 292 g/mol. The first-order chi connectivity index (χ1) is 10.1. The van der Waals surface area contributed by atoms with Crippen molar-refractivity contribution < 1.29 is 14.6 Å². The van der Waals surface area contributed by atoms with Crippen LogP contribution < -0.4 is 10.1 Å². The number of likely N-dealkylation sites (tertiary alicyclic amines) is 1. The van der Waals surface area contributed by atoms with Crippen molar-refractivity contribution in [3.05, 3.63) is 23.8 Å². The van der Waals surface area contributed by atoms with Gasteiger partial charge in [0.1, 0.15) is 5.75 Å². The van der Waals surface area contributed by atoms with Crippen LogP contribution in [-0.4, -0.2) is 42.3 Å². The van der Waals surface area contributed by atoms with Gasteiger partial charge in [0.05, 0.1) is 19.8 Å². The average molecular weight is 292 g/mol. The number of ether oxygens (including phenoxy) is 1. The largest absolute Gasteiger partial charge is 0.496 e. The Morgan fingerprint density at radius 3 is 2.90 bits per heavy atom. The molecule has 1 saturated heterocycles. The molecule has 0 aromatic heterocycles. The Hall–Kier alpha value is -1.75. The number of nitrogens with zero attached hydrogens (tertiary/aromatic N) is 1. The summed E-state index contributed by atoms with van der Waals surface area (Å²) < 4.78 is 5.21. The standard InChI is InChI=1S/C16H24N2O3/c1-11-5-4-8-18(14(11)10-19)16(20)17-13-6-7-15(21-3)12(2)9-13/h6-7,9,11,14,19H,4-5,8,10H2,1-3H3,(H,17,20). The highest BCUT2D eigenvalue weighted by Crippen LogP contribution is 2.25. The SMILES string of the molecule is COc1ccc(NC(=O)N2CCCC(C)C2CO)cc1C. The van der Waals surface area contributed by atoms with Crippen molar-refractivity contribution in [2.75, 3.05) is 25.6 Å². The third-order valence-electron chi connectivity index (χ3n) is 4.21. The number of nitrogens with one attached hydrogen (secondary N) is 1. The summed E-state index contributed by atoms with van der Waals surface area (Å²) in [4.78, 5) is 14.2. The van der Waals surface area contributed by atoms with Gasteiger partial charge >= 0.3 is 6.03 Å². The highest BCUT2D eigenvalue weighted by atomic mass is 16.5. The van der Waals surface area contributed by atoms with Gasteiger partial charge in [0, 0.05) is 12.2 Å². The first-order valence-corrected chi connectivity index (χ1v) is 7.40. The van der Waals surface area contributed by atoms with Crippen LogP contribution in [0.4, 0.5) is 10.5 Å². The lowest BCUT2D eigenvalue weighted by Crippen LogP contribution is -2.51. The van der Waals surface area contributed by atoms with Crippen molar-refractivity contribution in [1.29, 1.82) is 0 Å². The first kappa shape index (κ1) is 15.6. The van der Waals surface area contributed by atoms with Crippen LogP contribution in [0.3, 0.4) is 0 Å². The fraction of sp³-hybridized carbons (Fsp3) is 0.562. The molecule has 2 atom stereocenters. The Balaban J connectivity index is 2.08. The molecular formula is C16H24N2O3. The molecule has 0 spiro atoms. The predicted molar refractivity (Wildman–Crippen MR) is 82.7 cm³/mol. The minimum Gasteiger partial charge on any atom is -0.496 e. The molecule has 5 heteroatoms. The normalized spacial score (nSPS) is 22.0. The minimum atomic E-state index is -0.148. The lowest BCUT2D eigenvalue weighted by molar-refractivity contribution is 0.0811. The smallest absolute Gasteiger partial charge is 0.322 e. The van der Waals surface area contributed by atoms with Gasteiger partial charge in [-0.05, 0) is 49.4 Å². The van der Waals surface area contributed by atoms with Crippen LogP contribution in [0, 0.1) is 12.8 Å². The molecule has 0 aliphatic carbocycles. The molecule has 1 aliphatic rings. The van der Waals surface area contributed by atoms with Crippen LogP contribution in [0.1, 0.15) is 25.3 Å². The molecule has 2 rings (SSSR count). The number of urea groups is 1. The Morgan fingerprint density at radius 2 is 2.29 bits per heavy atom. The Labute approximate surface area is 125 Å². The quantitative estimate of drug-likeness (QED) is 0.900. The second kappa shape index (κ2) is 6.80. The fourth-order valence-corrected chi connectivity index (χ4v) is 2.93. The third-order valence-corrected chi connectivity index (χ3v) is 4.21. The van der Waals surface area contributed by atoms with Crippen LogP contribution in [-0.2, 0) is 0 Å². The van der Waals surface area contributed by atoms with Crippen LogP contribution in [0.15, 0.2) is 18.2 Å². The van der Waals surface area contributed by atoms with E-state index in [9.17, 15) is 9.90 Å². The van der Waals surface area contributed by atoms with Crippen molar-refractivity contribution >= 4 is 11.7 Å². The lowest BCUT2D eigenvalue weighted by Gasteiger charge is -2.38. The number of hydrogen-bond acceptors (Lipinski definition) is 3. The Kier molecular flexibility index (Phi) is 5.07. The van der Waals surface area contributed by atoms with E-state index in [1.165, 1.54) is 0 Å². The molecule has 21 heavy (non-hydrogen) atoms. The van der Waals surface area contributed by atoms with Gasteiger partial charge in [-0.15, -0.1) is 0 Å². The van der Waals surface area contributed by atoms with Crippen molar-refractivity contribution in [2.24, 2.45) is 5.92 Å². The van der Waals surface area contributed by atoms with Crippen LogP contribution in [0.5, 0.6) is 5.75 Å². The van der Waals surface area contributed by atoms with Crippen molar-refractivity contribution in [1.82, 2.24) is 4.90 Å². The number of aliphatic hydroxyl groups excluding tert-OH is 1. The number of rotatable bonds is 3. The molecule has 2 amide bonds. The van der Waals surface area contributed by atoms with E-state index in [2.05, 4.69) is 12.2 Å². The lowest BCUT2D eigenvalue weighted by atomic mass is 9.91. The van der Waals surface area contributed by atoms with Gasteiger partial charge in [-0.1, -0.05) is 6.92 Å². The number of aryl methyl sites for hydroxylation is 1. The molecule has 2 unspecified atom stereocenters. The van der Waals surface area contributed by atoms with E-state index in [1.807, 2.05) is 25.1 Å². The molecule has 2 N–H and O–H groups in total. The maximum Gasteiger partial charge on any atom is 0.322 e. The summed E-state index contributed by atoms with van der Waals surface area (Å²) >= 11 is 0. The molecule has 1 aromatic rings. The molecule has 0 bridgehead atoms. The van der Waals surface area contributed by atoms with Crippen molar-refractivity contribution in [2.45, 2.75) is 32.7 Å². The number of amides is 2. The number of hydrogen-bond donors (Lipinski definition) is 2. The van der Waals surface area contributed by atoms with Gasteiger partial charge in [0.15, 0.2) is 0 Å². The number of aliphatic hydroxyl groups is 1. The van der Waals surface area contributed by atoms with E-state index in [0.29, 0.717) is 12.5 Å². The highest BCUT2D eigenvalue weighted by Gasteiger charge is 2.31. The molecule has 116 valence electrons. The number of anilines is 1. The van der Waals surface area contributed by atoms with E-state index in [4.69, 9.17) is 4.74 Å². The summed E-state index contributed by atoms with van der Waals surface area (Å²) in [5.41, 5.74) is 1.72. The molecule has 1 aromatic carbocycles. The number of benzene rings is 1. The Morgan fingerprint density at radius 1 is 1.52 bits per heavy atom. The first-order valence-electron chi connectivity index (χ1n) is 7.40. The average Bonchev–Trinajstić information content (AvgIpc) is 2.47. The van der Waals surface area contributed by atoms with Gasteiger partial charge in [-0.25, -0.2) is 4.79 Å². The van der Waals surface area contributed by atoms with E-state index in [0.717, 1.165) is 29.8 Å². The number of carbonyl (C=O) groups is 1. The summed E-state index contributed by atoms with van der Waals surface area (Å²) in [6.07, 6.45) is 2.03. The third kappa shape index (κ3) is 3.47. The van der Waals surface area contributed by atoms with Crippen molar-refractivity contribution in [3.63, 3.8) is 0 Å². The summed E-state index contributed by atoms with van der Waals surface area (Å²) in [5.74, 6) is 1.12. The van der Waals surface area contributed by atoms with Gasteiger partial charge in [-0.3, -0.25) is 0 Å². The van der Waals surface area contributed by atoms with E-state index in [1.54, 1.807) is 12.0 Å². The van der Waals surface area contributed by atoms with Crippen molar-refractivity contribution in [3.8, 4) is 5.75 Å². The summed E-state index contributed by atoms with van der Waals surface area (Å²) in [7, 11) is 1.63. The predicted octanol–water partition coefficient (Wildman–Crippen LogP) is 2.63. The topological polar surface area (TPSA) is 61.8 Å². The highest BCUT2D eigenvalue weighted by molar-refractivity contribution is 5.89. The molecule has 0 saturated carbocycles. The zero-order valence-corrected chi connectivity index (χ0v) is 12.9. The molecule has 1 heterocycles. The number of piperidine rings is 1. The zero-order valence-electron chi connectivity index (χ0n) is 12.9. The molecule has 0 radical (unpaired) electrons. The van der Waals surface area contributed by atoms with E-state index < -0.39 is 0 Å². The second-order valence-electron chi connectivity index (χ2n) is 5.68. The van der Waals surface area contributed by atoms with Gasteiger partial charge in [-0.2, -0.15) is 0 Å². The van der Waals surface area contributed by atoms with Gasteiger partial charge in [0.25, 0.3) is 0 Å². The van der Waals surface area contributed by atoms with E-state index in [-0.39, 0.29) is 18.7 Å². The number of methoxy groups -OCH3 is 1. The summed E-state index contributed by atoms with van der Waals surface area (Å²) in [6.45, 7) is 4.72.